The average molecular weight is 301 g/mol. The van der Waals surface area contributed by atoms with Crippen molar-refractivity contribution in [3.8, 4) is 11.8 Å². The molecule has 21 heavy (non-hydrogen) atoms. The molecule has 4 heteroatoms. The highest BCUT2D eigenvalue weighted by molar-refractivity contribution is 6.30. The predicted octanol–water partition coefficient (Wildman–Crippen LogP) is 4.07. The van der Waals surface area contributed by atoms with Gasteiger partial charge >= 0.3 is 0 Å². The molecular weight excluding hydrogens is 284 g/mol. The second-order valence-electron chi connectivity index (χ2n) is 4.80. The Bertz CT molecular complexity index is 664. The molecule has 0 aliphatic rings. The molecule has 0 aliphatic carbocycles. The smallest absolute Gasteiger partial charge is 0.123 e. The lowest BCUT2D eigenvalue weighted by molar-refractivity contribution is 0.406. The van der Waals surface area contributed by atoms with Crippen molar-refractivity contribution in [1.82, 2.24) is 5.32 Å². The molecule has 2 aromatic rings. The van der Waals surface area contributed by atoms with Gasteiger partial charge in [-0.15, -0.1) is 0 Å². The number of halogens is 1. The summed E-state index contributed by atoms with van der Waals surface area (Å²) >= 11 is 6.01. The van der Waals surface area contributed by atoms with Crippen molar-refractivity contribution in [2.75, 3.05) is 7.11 Å². The highest BCUT2D eigenvalue weighted by Crippen LogP contribution is 2.22. The summed E-state index contributed by atoms with van der Waals surface area (Å²) in [5.41, 5.74) is 2.71. The van der Waals surface area contributed by atoms with E-state index in [1.165, 1.54) is 0 Å². The second kappa shape index (κ2) is 7.12. The van der Waals surface area contributed by atoms with Crippen molar-refractivity contribution in [3.05, 3.63) is 64.2 Å². The van der Waals surface area contributed by atoms with Crippen LogP contribution in [0.25, 0.3) is 0 Å². The van der Waals surface area contributed by atoms with Crippen molar-refractivity contribution in [1.29, 1.82) is 5.26 Å². The van der Waals surface area contributed by atoms with Gasteiger partial charge in [0, 0.05) is 23.2 Å². The van der Waals surface area contributed by atoms with Gasteiger partial charge in [-0.2, -0.15) is 5.26 Å². The lowest BCUT2D eigenvalue weighted by atomic mass is 10.1. The lowest BCUT2D eigenvalue weighted by Crippen LogP contribution is -2.18. The normalized spacial score (nSPS) is 11.7. The maximum atomic E-state index is 8.99. The number of nitrogens with one attached hydrogen (secondary N) is 1. The molecule has 0 spiro atoms. The van der Waals surface area contributed by atoms with E-state index in [1.807, 2.05) is 36.4 Å². The first-order valence-corrected chi connectivity index (χ1v) is 7.07. The van der Waals surface area contributed by atoms with Gasteiger partial charge in [-0.25, -0.2) is 0 Å². The van der Waals surface area contributed by atoms with Crippen LogP contribution < -0.4 is 10.1 Å². The standard InChI is InChI=1S/C17H17ClN2O/c1-12(14-4-3-5-16(18)9-14)20-11-15-8-13(10-19)6-7-17(15)21-2/h3-9,12,20H,11H2,1-2H3/t12-/m0/s1. The number of nitriles is 1. The molecule has 2 rings (SSSR count). The Morgan fingerprint density at radius 1 is 1.29 bits per heavy atom. The van der Waals surface area contributed by atoms with Crippen molar-refractivity contribution < 1.29 is 4.74 Å². The minimum atomic E-state index is 0.152. The van der Waals surface area contributed by atoms with Gasteiger partial charge in [-0.1, -0.05) is 23.7 Å². The maximum absolute atomic E-state index is 8.99. The number of hydrogen-bond acceptors (Lipinski definition) is 3. The Balaban J connectivity index is 2.10. The molecule has 1 N–H and O–H groups in total. The number of benzene rings is 2. The second-order valence-corrected chi connectivity index (χ2v) is 5.23. The van der Waals surface area contributed by atoms with E-state index in [9.17, 15) is 0 Å². The van der Waals surface area contributed by atoms with Gasteiger partial charge in [-0.3, -0.25) is 0 Å². The number of rotatable bonds is 5. The zero-order valence-corrected chi connectivity index (χ0v) is 12.8. The first-order chi connectivity index (χ1) is 10.1. The number of nitrogens with zero attached hydrogens (tertiary/aromatic N) is 1. The average Bonchev–Trinajstić information content (AvgIpc) is 2.52. The van der Waals surface area contributed by atoms with E-state index in [0.29, 0.717) is 12.1 Å². The summed E-state index contributed by atoms with van der Waals surface area (Å²) in [4.78, 5) is 0. The van der Waals surface area contributed by atoms with Crippen LogP contribution in [0.15, 0.2) is 42.5 Å². The summed E-state index contributed by atoms with van der Waals surface area (Å²) in [6.45, 7) is 2.69. The maximum Gasteiger partial charge on any atom is 0.123 e. The van der Waals surface area contributed by atoms with Gasteiger partial charge < -0.3 is 10.1 Å². The van der Waals surface area contributed by atoms with Gasteiger partial charge in [0.1, 0.15) is 5.75 Å². The van der Waals surface area contributed by atoms with Gasteiger partial charge in [0.2, 0.25) is 0 Å². The van der Waals surface area contributed by atoms with Crippen LogP contribution in [0, 0.1) is 11.3 Å². The Morgan fingerprint density at radius 2 is 2.10 bits per heavy atom. The monoisotopic (exact) mass is 300 g/mol. The molecule has 0 bridgehead atoms. The summed E-state index contributed by atoms with van der Waals surface area (Å²) in [7, 11) is 1.63. The quantitative estimate of drug-likeness (QED) is 0.905. The van der Waals surface area contributed by atoms with Gasteiger partial charge in [0.25, 0.3) is 0 Å². The molecule has 0 radical (unpaired) electrons. The fourth-order valence-corrected chi connectivity index (χ4v) is 2.34. The molecular formula is C17H17ClN2O. The Kier molecular flexibility index (Phi) is 5.21. The van der Waals surface area contributed by atoms with Crippen molar-refractivity contribution in [3.63, 3.8) is 0 Å². The predicted molar refractivity (Wildman–Crippen MR) is 84.4 cm³/mol. The molecule has 0 aromatic heterocycles. The molecule has 0 aliphatic heterocycles. The van der Waals surface area contributed by atoms with Gasteiger partial charge in [-0.05, 0) is 42.8 Å². The molecule has 108 valence electrons. The van der Waals surface area contributed by atoms with Crippen LogP contribution in [0.5, 0.6) is 5.75 Å². The zero-order chi connectivity index (χ0) is 15.2. The fourth-order valence-electron chi connectivity index (χ4n) is 2.14. The molecule has 0 fully saturated rings. The van der Waals surface area contributed by atoms with E-state index in [2.05, 4.69) is 18.3 Å². The lowest BCUT2D eigenvalue weighted by Gasteiger charge is -2.16. The van der Waals surface area contributed by atoms with Crippen LogP contribution in [-0.2, 0) is 6.54 Å². The third-order valence-electron chi connectivity index (χ3n) is 3.36. The van der Waals surface area contributed by atoms with E-state index < -0.39 is 0 Å². The Morgan fingerprint density at radius 3 is 2.76 bits per heavy atom. The van der Waals surface area contributed by atoms with Crippen molar-refractivity contribution in [2.45, 2.75) is 19.5 Å². The Hall–Kier alpha value is -2.02. The van der Waals surface area contributed by atoms with Crippen molar-refractivity contribution in [2.24, 2.45) is 0 Å². The summed E-state index contributed by atoms with van der Waals surface area (Å²) in [5, 5.41) is 13.1. The molecule has 1 atom stereocenters. The van der Waals surface area contributed by atoms with E-state index in [1.54, 1.807) is 13.2 Å². The third-order valence-corrected chi connectivity index (χ3v) is 3.59. The highest BCUT2D eigenvalue weighted by atomic mass is 35.5. The summed E-state index contributed by atoms with van der Waals surface area (Å²) < 4.78 is 5.33. The minimum Gasteiger partial charge on any atom is -0.496 e. The fraction of sp³-hybridized carbons (Fsp3) is 0.235. The third kappa shape index (κ3) is 3.98. The molecule has 2 aromatic carbocycles. The number of hydrogen-bond donors (Lipinski definition) is 1. The van der Waals surface area contributed by atoms with Crippen LogP contribution in [0.2, 0.25) is 5.02 Å². The molecule has 0 heterocycles. The summed E-state index contributed by atoms with van der Waals surface area (Å²) in [6, 6.07) is 15.5. The summed E-state index contributed by atoms with van der Waals surface area (Å²) in [6.07, 6.45) is 0. The molecule has 3 nitrogen and oxygen atoms in total. The molecule has 0 saturated heterocycles. The summed E-state index contributed by atoms with van der Waals surface area (Å²) in [5.74, 6) is 0.778. The van der Waals surface area contributed by atoms with E-state index >= 15 is 0 Å². The van der Waals surface area contributed by atoms with Crippen LogP contribution in [0.3, 0.4) is 0 Å². The molecule has 0 unspecified atom stereocenters. The Labute approximate surface area is 130 Å². The largest absolute Gasteiger partial charge is 0.496 e. The van der Waals surface area contributed by atoms with E-state index in [0.717, 1.165) is 21.9 Å². The molecule has 0 saturated carbocycles. The van der Waals surface area contributed by atoms with Gasteiger partial charge in [0.05, 0.1) is 18.7 Å². The van der Waals surface area contributed by atoms with E-state index in [-0.39, 0.29) is 6.04 Å². The van der Waals surface area contributed by atoms with Crippen LogP contribution in [0.4, 0.5) is 0 Å². The van der Waals surface area contributed by atoms with Crippen molar-refractivity contribution >= 4 is 11.6 Å². The van der Waals surface area contributed by atoms with Crippen LogP contribution >= 0.6 is 11.6 Å². The highest BCUT2D eigenvalue weighted by Gasteiger charge is 2.09. The number of methoxy groups -OCH3 is 1. The van der Waals surface area contributed by atoms with Gasteiger partial charge in [0.15, 0.2) is 0 Å². The first-order valence-electron chi connectivity index (χ1n) is 6.70. The first kappa shape index (κ1) is 15.4. The number of ether oxygens (including phenoxy) is 1. The topological polar surface area (TPSA) is 45.0 Å². The molecule has 0 amide bonds. The zero-order valence-electron chi connectivity index (χ0n) is 12.1. The minimum absolute atomic E-state index is 0.152. The van der Waals surface area contributed by atoms with E-state index in [4.69, 9.17) is 21.6 Å². The SMILES string of the molecule is COc1ccc(C#N)cc1CN[C@@H](C)c1cccc(Cl)c1. The van der Waals surface area contributed by atoms with Crippen LogP contribution in [0.1, 0.15) is 29.7 Å². The van der Waals surface area contributed by atoms with Crippen LogP contribution in [-0.4, -0.2) is 7.11 Å².